The number of aliphatic imine (C=N–C) groups is 2. The number of phosphoric ester groups is 1. The molecule has 0 amide bonds. The number of halogens is 4. The second-order valence-electron chi connectivity index (χ2n) is 31.0. The van der Waals surface area contributed by atoms with Gasteiger partial charge in [-0.05, 0) is 59.4 Å². The molecule has 0 saturated carbocycles. The van der Waals surface area contributed by atoms with E-state index in [9.17, 15) is 66.4 Å². The lowest BCUT2D eigenvalue weighted by atomic mass is 10.1. The number of hydrogen-bond acceptors (Lipinski definition) is 42. The molecule has 0 aromatic carbocycles. The lowest BCUT2D eigenvalue weighted by Gasteiger charge is -2.27. The molecular formula is C66H72F4N22O30P6S5. The summed E-state index contributed by atoms with van der Waals surface area (Å²) in [6.45, 7) is -23.9. The summed E-state index contributed by atoms with van der Waals surface area (Å²) in [4.78, 5) is 160. The number of nitrogens with two attached hydrogens (primary N) is 4. The zero-order chi connectivity index (χ0) is 93.8. The maximum absolute atomic E-state index is 15.8. The van der Waals surface area contributed by atoms with Crippen LogP contribution in [0.1, 0.15) is 96.6 Å². The van der Waals surface area contributed by atoms with Gasteiger partial charge in [-0.15, -0.1) is 0 Å². The number of fused-ring (bicyclic) bond motifs is 15. The molecule has 6 bridgehead atoms. The number of imidazole rings is 3. The minimum absolute atomic E-state index is 0.00685. The topological polar surface area (TPSA) is 683 Å². The number of ketones is 2. The van der Waals surface area contributed by atoms with Gasteiger partial charge in [-0.25, -0.2) is 56.6 Å². The molecule has 26 atom stereocenters. The van der Waals surface area contributed by atoms with Gasteiger partial charge in [-0.3, -0.25) is 75.2 Å². The first kappa shape index (κ1) is 94.4. The van der Waals surface area contributed by atoms with Crippen molar-refractivity contribution in [3.63, 3.8) is 0 Å². The Morgan fingerprint density at radius 1 is 0.451 bits per heavy atom. The van der Waals surface area contributed by atoms with Gasteiger partial charge < -0.3 is 121 Å². The zero-order valence-electron chi connectivity index (χ0n) is 67.1. The predicted molar refractivity (Wildman–Crippen MR) is 464 cm³/mol. The first-order valence-electron chi connectivity index (χ1n) is 39.5. The molecule has 16 N–H and O–H groups in total. The number of hydrogen-bond donors (Lipinski definition) is 13. The van der Waals surface area contributed by atoms with E-state index in [1.165, 1.54) is 53.9 Å². The van der Waals surface area contributed by atoms with Gasteiger partial charge in [0.05, 0.1) is 93.4 Å². The van der Waals surface area contributed by atoms with Crippen molar-refractivity contribution in [2.75, 3.05) is 62.6 Å². The second kappa shape index (κ2) is 36.3. The lowest BCUT2D eigenvalue weighted by Crippen LogP contribution is -2.32. The number of carbonyl (C=O) groups excluding carboxylic acids is 2. The molecule has 21 heterocycles. The van der Waals surface area contributed by atoms with Crippen molar-refractivity contribution >= 4 is 205 Å². The third kappa shape index (κ3) is 19.1. The molecule has 0 radical (unpaired) electrons. The van der Waals surface area contributed by atoms with Gasteiger partial charge in [0.2, 0.25) is 17.8 Å². The predicted octanol–water partition coefficient (Wildman–Crippen LogP) is 4.67. The molecule has 0 aliphatic carbocycles. The standard InChI is InChI=1S/C22H24F2N8O9P2S2.C22H23F2N7O10P2S2.C22H25N7O11P2S/c23-8-4-31(18-14(8)9(25)1-2-27-18)13-3-10-11(38-13)5-36-43(35,45)41-17-15(24)12(6-37-42(34,44)40-10)39-21(17)32-7-28-16-19(32)29-22(26)30-20(16)33;23-8-4-30(18-14(8)9(32)1-2-26-18)13-3-10-11(38-13)5-36-43(35,45)41-17-15(24)12(6-37-42(34,44)40-10)39-21(17)31-7-27-16-19(31)28-22(25)29-20(16)33;23-22-26-19-17(20(31)27-22)25-9-29(19)21-14-5-10(37-21)7-35-41(32,33)39-13-6-16(38-15(13)8-36-42(34,43)40-14)28-4-2-11-12(30)1-3-24-18(11)28/h1-2,4,7,10-13,15,17,21H,3,5-6H2,(H2,25,27)(H,34,44)(H,35,45)(H3,26,29,30,33);2,4,7,10-13,15,17,21H,1,3,5-6H2,(H,34,44)(H,35,45)(H3,25,28,29,33);2-4,9-10,13-16,21H,1,5-8H2,(H,32,33)(H,34,43)(H3,23,26,27,31)/t2*10-,11+,12+,13+,15+,17+,21+,42?,43?;10-,13-,14+,15+,16+,21+,42?/m000/s1. The minimum Gasteiger partial charge on any atom is -0.398 e. The van der Waals surface area contributed by atoms with Crippen LogP contribution in [0.3, 0.4) is 0 Å². The Balaban J connectivity index is 0.000000129. The highest BCUT2D eigenvalue weighted by atomic mass is 32.7. The average molecular weight is 2080 g/mol. The molecule has 0 spiro atoms. The quantitative estimate of drug-likeness (QED) is 0.0611. The van der Waals surface area contributed by atoms with Crippen LogP contribution in [0.25, 0.3) is 44.5 Å². The van der Waals surface area contributed by atoms with E-state index in [4.69, 9.17) is 153 Å². The van der Waals surface area contributed by atoms with Crippen LogP contribution >= 0.6 is 53.7 Å². The molecule has 21 rings (SSSR count). The highest BCUT2D eigenvalue weighted by Gasteiger charge is 2.56. The average Bonchev–Trinajstić information content (AvgIpc) is 1.46. The summed E-state index contributed by atoms with van der Waals surface area (Å²) in [7, 11) is -4.68. The summed E-state index contributed by atoms with van der Waals surface area (Å²) in [5, 5.41) is 0.0863. The van der Waals surface area contributed by atoms with Crippen molar-refractivity contribution in [1.29, 1.82) is 0 Å². The number of anilines is 4. The number of aromatic nitrogens is 16. The number of nitrogens with one attached hydrogen (secondary N) is 3. The molecular weight excluding hydrogens is 2000 g/mol. The van der Waals surface area contributed by atoms with Crippen molar-refractivity contribution in [2.24, 2.45) is 9.98 Å². The summed E-state index contributed by atoms with van der Waals surface area (Å²) in [6.07, 6.45) is -13.0. The fourth-order valence-electron chi connectivity index (χ4n) is 16.6. The summed E-state index contributed by atoms with van der Waals surface area (Å²) in [5.41, 5.74) is 21.4. The van der Waals surface area contributed by atoms with E-state index in [0.717, 1.165) is 25.0 Å². The summed E-state index contributed by atoms with van der Waals surface area (Å²) < 4.78 is 199. The Labute approximate surface area is 764 Å². The number of rotatable bonds is 6. The maximum Gasteiger partial charge on any atom is 0.472 e. The van der Waals surface area contributed by atoms with E-state index in [1.807, 2.05) is 0 Å². The highest BCUT2D eigenvalue weighted by molar-refractivity contribution is 8.44. The molecule has 67 heteroatoms. The van der Waals surface area contributed by atoms with Gasteiger partial charge in [0, 0.05) is 81.4 Å². The van der Waals surface area contributed by atoms with E-state index in [1.54, 1.807) is 16.8 Å². The van der Waals surface area contributed by atoms with Gasteiger partial charge in [-0.1, -0.05) is 12.2 Å². The Kier molecular flexibility index (Phi) is 25.8. The number of aromatic amines is 3. The number of phosphoric acid groups is 1. The van der Waals surface area contributed by atoms with Crippen LogP contribution in [0.15, 0.2) is 80.3 Å². The van der Waals surface area contributed by atoms with Crippen molar-refractivity contribution < 1.29 is 143 Å². The first-order valence-corrected chi connectivity index (χ1v) is 54.1. The Morgan fingerprint density at radius 2 is 0.895 bits per heavy atom. The van der Waals surface area contributed by atoms with Gasteiger partial charge in [0.25, 0.3) is 16.7 Å². The van der Waals surface area contributed by atoms with E-state index >= 15 is 8.78 Å². The van der Waals surface area contributed by atoms with E-state index in [2.05, 4.69) is 72.1 Å². The van der Waals surface area contributed by atoms with Crippen LogP contribution in [0.2, 0.25) is 0 Å². The number of pyridine rings is 1. The maximum atomic E-state index is 15.8. The number of nitrogen functional groups attached to an aromatic ring is 4. The molecule has 9 fully saturated rings. The number of ether oxygens (including phenoxy) is 6. The normalized spacial score (nSPS) is 36.6. The monoisotopic (exact) mass is 2070 g/mol. The van der Waals surface area contributed by atoms with Gasteiger partial charge >= 0.3 is 41.5 Å². The van der Waals surface area contributed by atoms with Crippen molar-refractivity contribution in [3.8, 4) is 0 Å². The zero-order valence-corrected chi connectivity index (χ0v) is 76.6. The number of nitrogens with zero attached hydrogens (tertiary/aromatic N) is 15. The van der Waals surface area contributed by atoms with Crippen LogP contribution in [0.5, 0.6) is 0 Å². The smallest absolute Gasteiger partial charge is 0.398 e. The van der Waals surface area contributed by atoms with Crippen molar-refractivity contribution in [2.45, 2.75) is 161 Å². The van der Waals surface area contributed by atoms with Crippen LogP contribution in [-0.4, -0.2) is 251 Å². The first-order chi connectivity index (χ1) is 63.1. The summed E-state index contributed by atoms with van der Waals surface area (Å²) in [6, 6.07) is 3.08. The molecule has 10 aromatic heterocycles. The van der Waals surface area contributed by atoms with Gasteiger partial charge in [0.1, 0.15) is 90.9 Å². The molecule has 11 aliphatic heterocycles. The largest absolute Gasteiger partial charge is 0.472 e. The number of Topliss-reactive ketones (excluding diaryl/α,β-unsaturated/α-hetero) is 2. The molecule has 10 aromatic rings. The van der Waals surface area contributed by atoms with E-state index < -0.39 is 232 Å². The SMILES string of the molecule is Nc1nc2c(ncn2[C@@H]2O[C@@H]3COP(=O)(O)O[C@H]4C[C@H](n5ccc6c5N=CCC6=O)O[C@@H]4COP(O)(=S)O[C@@H]2C3)c(=O)[nH]1.Nc1nc2c(ncn2[C@@H]2O[C@@H]3COP(O)(=S)O[C@H]4C[C@H](n5cc(F)c6c(N)ccnc65)O[C@@H]4COP(=O)(S)O[C@@H]2[C@@H]3F)c(=O)[nH]1.Nc1nc2c(ncn2[C@@H]2O[C@@H]3COP(O)(=S)O[C@H]4C[C@H](n5cc(F)c6c5N=CCC6=O)O[C@@H]4COP(O)(=S)O[C@@H]2[C@@H]3F)c(=O)[nH]1. The lowest BCUT2D eigenvalue weighted by molar-refractivity contribution is -0.0627. The third-order valence-corrected chi connectivity index (χ3v) is 31.4. The van der Waals surface area contributed by atoms with Crippen LogP contribution in [0, 0.1) is 11.6 Å². The minimum atomic E-state index is -4.68. The van der Waals surface area contributed by atoms with Crippen molar-refractivity contribution in [3.05, 3.63) is 110 Å². The Morgan fingerprint density at radius 3 is 1.43 bits per heavy atom. The number of carbonyl (C=O) groups is 2. The molecule has 11 aliphatic rings. The molecule has 133 heavy (non-hydrogen) atoms. The molecule has 714 valence electrons. The third-order valence-electron chi connectivity index (χ3n) is 22.4. The summed E-state index contributed by atoms with van der Waals surface area (Å²) in [5.74, 6) is -2.20. The van der Waals surface area contributed by atoms with Crippen LogP contribution < -0.4 is 39.6 Å². The number of H-pyrrole nitrogens is 3. The van der Waals surface area contributed by atoms with E-state index in [-0.39, 0.29) is 130 Å². The fourth-order valence-corrected chi connectivity index (χ4v) is 24.8. The second-order valence-corrected chi connectivity index (χ2v) is 46.5. The summed E-state index contributed by atoms with van der Waals surface area (Å²) >= 11 is 25.0. The molecule has 52 nitrogen and oxygen atoms in total. The molecule has 9 saturated heterocycles. The highest BCUT2D eigenvalue weighted by Crippen LogP contribution is 2.61. The number of thiol groups is 1. The molecule has 6 unspecified atom stereocenters. The van der Waals surface area contributed by atoms with Gasteiger partial charge in [0.15, 0.2) is 87.7 Å². The van der Waals surface area contributed by atoms with Crippen LogP contribution in [-0.2, 0) is 139 Å². The van der Waals surface area contributed by atoms with Gasteiger partial charge in [-0.2, -0.15) is 15.0 Å². The Hall–Kier alpha value is -7.61. The van der Waals surface area contributed by atoms with E-state index in [0.29, 0.717) is 11.4 Å². The fraction of sp³-hybridized carbons (Fsp3) is 0.485. The number of alkyl halides is 2. The Bertz CT molecular complexity index is 6910. The van der Waals surface area contributed by atoms with Crippen molar-refractivity contribution in [1.82, 2.24) is 77.2 Å². The van der Waals surface area contributed by atoms with Crippen LogP contribution in [0.4, 0.5) is 52.7 Å².